The van der Waals surface area contributed by atoms with Gasteiger partial charge in [-0.15, -0.1) is 11.1 Å². The average molecular weight is 707 g/mol. The van der Waals surface area contributed by atoms with Gasteiger partial charge in [0.2, 0.25) is 0 Å². The van der Waals surface area contributed by atoms with E-state index in [1.165, 1.54) is 79.9 Å². The van der Waals surface area contributed by atoms with Gasteiger partial charge in [-0.2, -0.15) is 46.5 Å². The van der Waals surface area contributed by atoms with E-state index in [2.05, 4.69) is 153 Å². The predicted octanol–water partition coefficient (Wildman–Crippen LogP) is 4.87. The van der Waals surface area contributed by atoms with Crippen molar-refractivity contribution in [3.8, 4) is 11.1 Å². The summed E-state index contributed by atoms with van der Waals surface area (Å²) in [6.45, 7) is 24.9. The molecule has 0 aromatic heterocycles. The third-order valence-electron chi connectivity index (χ3n) is 8.06. The molecule has 5 rings (SSSR count). The van der Waals surface area contributed by atoms with Crippen LogP contribution in [0.4, 0.5) is 0 Å². The van der Waals surface area contributed by atoms with Gasteiger partial charge in [-0.05, 0) is 28.4 Å². The van der Waals surface area contributed by atoms with Gasteiger partial charge >= 0.3 is 63.8 Å². The van der Waals surface area contributed by atoms with Crippen molar-refractivity contribution in [1.29, 1.82) is 0 Å². The predicted molar refractivity (Wildman–Crippen MR) is 182 cm³/mol. The normalized spacial score (nSPS) is 11.8. The topological polar surface area (TPSA) is 0 Å². The van der Waals surface area contributed by atoms with Crippen LogP contribution in [0.1, 0.15) is 121 Å². The Kier molecular flexibility index (Phi) is 15.4. The van der Waals surface area contributed by atoms with Gasteiger partial charge in [-0.25, -0.2) is 6.07 Å². The molecule has 0 saturated heterocycles. The van der Waals surface area contributed by atoms with E-state index in [9.17, 15) is 0 Å². The average Bonchev–Trinajstić information content (AvgIpc) is 3.54. The third-order valence-corrected chi connectivity index (χ3v) is 8.88. The Bertz CT molecular complexity index is 1410. The molecule has 0 fully saturated rings. The minimum atomic E-state index is 0. The van der Waals surface area contributed by atoms with E-state index in [1.807, 2.05) is 6.07 Å². The summed E-state index contributed by atoms with van der Waals surface area (Å²) in [7, 11) is 0. The number of fused-ring (bicyclic) bond motifs is 3. The van der Waals surface area contributed by atoms with Crippen LogP contribution in [0.5, 0.6) is 0 Å². The molecule has 0 heterocycles. The molecule has 0 spiro atoms. The zero-order valence-electron chi connectivity index (χ0n) is 28.9. The van der Waals surface area contributed by atoms with Gasteiger partial charge in [0.05, 0.1) is 0 Å². The van der Waals surface area contributed by atoms with Gasteiger partial charge in [0.1, 0.15) is 0 Å². The van der Waals surface area contributed by atoms with Crippen LogP contribution >= 0.6 is 0 Å². The van der Waals surface area contributed by atoms with Crippen LogP contribution < -0.4 is 24.8 Å². The summed E-state index contributed by atoms with van der Waals surface area (Å²) < 4.78 is 2.17. The molecular weight excluding hydrogens is 655 g/mol. The molecule has 0 nitrogen and oxygen atoms in total. The summed E-state index contributed by atoms with van der Waals surface area (Å²) in [5, 5.41) is 0. The second-order valence-corrected chi connectivity index (χ2v) is 15.3. The maximum absolute atomic E-state index is 3.67. The Labute approximate surface area is 297 Å². The third kappa shape index (κ3) is 10.7. The molecule has 0 radical (unpaired) electrons. The van der Waals surface area contributed by atoms with Crippen molar-refractivity contribution in [3.05, 3.63) is 123 Å². The van der Waals surface area contributed by atoms with Crippen molar-refractivity contribution in [1.82, 2.24) is 0 Å². The van der Waals surface area contributed by atoms with E-state index < -0.39 is 0 Å². The Balaban J connectivity index is 0.000000361. The number of halogens is 2. The van der Waals surface area contributed by atoms with Crippen molar-refractivity contribution in [2.45, 2.75) is 112 Å². The van der Waals surface area contributed by atoms with Crippen LogP contribution in [0.25, 0.3) is 11.1 Å². The quantitative estimate of drug-likeness (QED) is 0.235. The molecule has 236 valence electrons. The molecule has 0 aliphatic heterocycles. The van der Waals surface area contributed by atoms with Crippen LogP contribution in [-0.2, 0) is 59.7 Å². The van der Waals surface area contributed by atoms with E-state index in [1.54, 1.807) is 0 Å². The van der Waals surface area contributed by atoms with Gasteiger partial charge < -0.3 is 24.8 Å². The molecule has 0 N–H and O–H groups in total. The van der Waals surface area contributed by atoms with Crippen molar-refractivity contribution < 1.29 is 49.0 Å². The van der Waals surface area contributed by atoms with Gasteiger partial charge in [0, 0.05) is 0 Å². The van der Waals surface area contributed by atoms with Crippen LogP contribution in [-0.4, -0.2) is 3.71 Å². The van der Waals surface area contributed by atoms with Crippen molar-refractivity contribution >= 4 is 3.71 Å². The fourth-order valence-electron chi connectivity index (χ4n) is 5.39. The first-order valence-corrected chi connectivity index (χ1v) is 17.0. The number of hydrogen-bond donors (Lipinski definition) is 0. The second kappa shape index (κ2) is 16.8. The Hall–Kier alpha value is -1.66. The van der Waals surface area contributed by atoms with Gasteiger partial charge in [0.25, 0.3) is 0 Å². The first kappa shape index (κ1) is 40.4. The molecule has 0 amide bonds. The molecule has 3 heteroatoms. The minimum absolute atomic E-state index is 0. The fourth-order valence-corrected chi connectivity index (χ4v) is 5.87. The van der Waals surface area contributed by atoms with E-state index in [0.717, 1.165) is 19.3 Å². The van der Waals surface area contributed by atoms with Crippen molar-refractivity contribution in [3.63, 3.8) is 0 Å². The molecule has 1 aliphatic carbocycles. The van der Waals surface area contributed by atoms with Crippen LogP contribution in [0.15, 0.2) is 72.8 Å². The summed E-state index contributed by atoms with van der Waals surface area (Å²) in [5.41, 5.74) is 14.9. The molecule has 4 aromatic carbocycles. The number of aryl methyl sites for hydroxylation is 2. The summed E-state index contributed by atoms with van der Waals surface area (Å²) in [5.74, 6) is 0. The Morgan fingerprint density at radius 1 is 0.727 bits per heavy atom. The molecule has 0 bridgehead atoms. The molecule has 0 saturated carbocycles. The van der Waals surface area contributed by atoms with Gasteiger partial charge in [-0.1, -0.05) is 118 Å². The van der Waals surface area contributed by atoms with Crippen LogP contribution in [0.2, 0.25) is 0 Å². The maximum atomic E-state index is 3.67. The summed E-state index contributed by atoms with van der Waals surface area (Å²) in [4.78, 5) is 0. The van der Waals surface area contributed by atoms with Crippen LogP contribution in [0.3, 0.4) is 0 Å². The molecular formula is C41H52Cl2Zr-2. The van der Waals surface area contributed by atoms with E-state index in [4.69, 9.17) is 0 Å². The number of rotatable bonds is 3. The zero-order chi connectivity index (χ0) is 31.3. The fraction of sp³-hybridized carbons (Fsp3) is 0.415. The SMILES string of the molecule is CC(C)(C)c1[c-]c2c(cc1)-c1ccc(C(C)(C)C)cc1C2.CCc1cc(C(C)(C)C)c(CC)[cH-]1.[Cl-].[Cl-].[Zr+2]=[CH]c1ccccc1. The van der Waals surface area contributed by atoms with Crippen molar-refractivity contribution in [2.75, 3.05) is 0 Å². The first-order valence-electron chi connectivity index (χ1n) is 15.6. The molecule has 4 aromatic rings. The monoisotopic (exact) mass is 704 g/mol. The first-order chi connectivity index (χ1) is 19.6. The standard InChI is InChI=1S/C21H25.C13H21.C7H6.2ClH.Zr/c1-20(2,3)16-7-9-18-14(12-16)11-15-13-17(21(4,5)6)8-10-19(15)18;1-6-10-8-11(7-2)12(9-10)13(3,4)5;1-7-5-3-2-4-6-7;;;/h7-10,12H,11H2,1-6H3;8-9H,6-7H2,1-5H3;1-6H;2*1H;/q2*-1;;;;+2/p-2. The molecule has 0 unspecified atom stereocenters. The second-order valence-electron chi connectivity index (χ2n) is 14.6. The van der Waals surface area contributed by atoms with Crippen molar-refractivity contribution in [2.24, 2.45) is 0 Å². The Morgan fingerprint density at radius 3 is 1.80 bits per heavy atom. The van der Waals surface area contributed by atoms with Gasteiger partial charge in [0.15, 0.2) is 0 Å². The molecule has 1 aliphatic rings. The molecule has 0 atom stereocenters. The van der Waals surface area contributed by atoms with E-state index >= 15 is 0 Å². The van der Waals surface area contributed by atoms with E-state index in [0.29, 0.717) is 5.41 Å². The number of hydrogen-bond acceptors (Lipinski definition) is 0. The summed E-state index contributed by atoms with van der Waals surface area (Å²) in [6.07, 6.45) is 3.34. The van der Waals surface area contributed by atoms with Gasteiger partial charge in [-0.3, -0.25) is 0 Å². The van der Waals surface area contributed by atoms with Crippen LogP contribution in [0, 0.1) is 6.07 Å². The Morgan fingerprint density at radius 2 is 1.34 bits per heavy atom. The zero-order valence-corrected chi connectivity index (χ0v) is 32.9. The number of benzene rings is 3. The summed E-state index contributed by atoms with van der Waals surface area (Å²) in [6, 6.07) is 30.2. The molecule has 44 heavy (non-hydrogen) atoms. The summed E-state index contributed by atoms with van der Waals surface area (Å²) >= 11 is 1.46. The van der Waals surface area contributed by atoms with E-state index in [-0.39, 0.29) is 35.6 Å².